The van der Waals surface area contributed by atoms with Gasteiger partial charge in [0.2, 0.25) is 0 Å². The quantitative estimate of drug-likeness (QED) is 0.367. The average molecular weight is 429 g/mol. The molecule has 0 saturated heterocycles. The molecule has 0 aliphatic rings. The van der Waals surface area contributed by atoms with E-state index in [0.29, 0.717) is 32.0 Å². The van der Waals surface area contributed by atoms with Crippen LogP contribution in [-0.4, -0.2) is 49.2 Å². The summed E-state index contributed by atoms with van der Waals surface area (Å²) in [5.41, 5.74) is 3.54. The molecule has 0 atom stereocenters. The fraction of sp³-hybridized carbons (Fsp3) is 0.308. The van der Waals surface area contributed by atoms with Crippen molar-refractivity contribution in [1.82, 2.24) is 9.97 Å². The number of anilines is 4. The summed E-state index contributed by atoms with van der Waals surface area (Å²) >= 11 is 0. The van der Waals surface area contributed by atoms with E-state index in [-0.39, 0.29) is 0 Å². The second-order valence-corrected chi connectivity index (χ2v) is 6.92. The van der Waals surface area contributed by atoms with Crippen molar-refractivity contribution in [3.63, 3.8) is 0 Å². The van der Waals surface area contributed by atoms with Crippen molar-refractivity contribution >= 4 is 23.0 Å². The highest BCUT2D eigenvalue weighted by molar-refractivity contribution is 5.86. The van der Waals surface area contributed by atoms with E-state index in [1.807, 2.05) is 24.3 Å². The van der Waals surface area contributed by atoms with Gasteiger partial charge in [0.1, 0.15) is 11.6 Å². The lowest BCUT2D eigenvalue weighted by atomic mass is 10.1. The fourth-order valence-corrected chi connectivity index (χ4v) is 3.34. The second kappa shape index (κ2) is 12.7. The third kappa shape index (κ3) is 6.06. The molecular weight excluding hydrogens is 396 g/mol. The Balaban J connectivity index is 2.74. The van der Waals surface area contributed by atoms with Gasteiger partial charge in [-0.05, 0) is 32.0 Å². The van der Waals surface area contributed by atoms with E-state index < -0.39 is 0 Å². The first-order chi connectivity index (χ1) is 15.6. The first-order valence-electron chi connectivity index (χ1n) is 10.7. The Morgan fingerprint density at radius 3 is 2.28 bits per heavy atom. The molecule has 0 aromatic carbocycles. The molecule has 0 unspecified atom stereocenters. The first-order valence-corrected chi connectivity index (χ1v) is 10.7. The smallest absolute Gasteiger partial charge is 0.129 e. The minimum Gasteiger partial charge on any atom is -0.372 e. The lowest BCUT2D eigenvalue weighted by Gasteiger charge is -2.27. The van der Waals surface area contributed by atoms with Gasteiger partial charge in [-0.25, -0.2) is 9.97 Å². The molecule has 166 valence electrons. The number of nitrogens with zero attached hydrogens (tertiary/aromatic N) is 4. The minimum atomic E-state index is 0.378. The maximum atomic E-state index is 5.50. The number of hydrogen-bond acceptors (Lipinski definition) is 6. The van der Waals surface area contributed by atoms with Crippen LogP contribution in [0.25, 0.3) is 11.3 Å². The van der Waals surface area contributed by atoms with Crippen molar-refractivity contribution in [3.8, 4) is 35.9 Å². The number of hydrogen-bond donors (Lipinski definition) is 2. The Hall–Kier alpha value is -3.90. The Morgan fingerprint density at radius 1 is 1.00 bits per heavy atom. The molecule has 0 radical (unpaired) electrons. The van der Waals surface area contributed by atoms with Crippen molar-refractivity contribution in [2.24, 2.45) is 0 Å². The van der Waals surface area contributed by atoms with Crippen molar-refractivity contribution in [3.05, 3.63) is 49.7 Å². The molecule has 2 aromatic heterocycles. The maximum absolute atomic E-state index is 5.50. The molecular formula is C26H32N6. The number of likely N-dealkylation sites (N-methyl/N-ethyl adjacent to an activating group) is 2. The van der Waals surface area contributed by atoms with Gasteiger partial charge in [0.15, 0.2) is 0 Å². The summed E-state index contributed by atoms with van der Waals surface area (Å²) in [5, 5.41) is 6.42. The number of aromatic nitrogens is 2. The van der Waals surface area contributed by atoms with Crippen LogP contribution in [0.3, 0.4) is 0 Å². The zero-order valence-electron chi connectivity index (χ0n) is 19.1. The predicted octanol–water partition coefficient (Wildman–Crippen LogP) is 4.26. The third-order valence-electron chi connectivity index (χ3n) is 4.90. The van der Waals surface area contributed by atoms with Crippen molar-refractivity contribution in [2.45, 2.75) is 13.8 Å². The molecule has 0 aliphatic carbocycles. The Morgan fingerprint density at radius 2 is 1.66 bits per heavy atom. The monoisotopic (exact) mass is 428 g/mol. The summed E-state index contributed by atoms with van der Waals surface area (Å²) in [6, 6.07) is 6.11. The van der Waals surface area contributed by atoms with Crippen molar-refractivity contribution in [1.29, 1.82) is 0 Å². The molecule has 0 bridgehead atoms. The molecule has 6 nitrogen and oxygen atoms in total. The third-order valence-corrected chi connectivity index (χ3v) is 4.90. The summed E-state index contributed by atoms with van der Waals surface area (Å²) in [4.78, 5) is 13.9. The van der Waals surface area contributed by atoms with Gasteiger partial charge in [0.05, 0.1) is 36.4 Å². The summed E-state index contributed by atoms with van der Waals surface area (Å²) in [6.07, 6.45) is 16.4. The van der Waals surface area contributed by atoms with Crippen LogP contribution in [0, 0.1) is 24.7 Å². The molecule has 32 heavy (non-hydrogen) atoms. The summed E-state index contributed by atoms with van der Waals surface area (Å²) < 4.78 is 0. The van der Waals surface area contributed by atoms with Crippen LogP contribution in [0.15, 0.2) is 49.7 Å². The molecule has 6 heteroatoms. The van der Waals surface area contributed by atoms with Gasteiger partial charge < -0.3 is 20.4 Å². The van der Waals surface area contributed by atoms with E-state index in [4.69, 9.17) is 17.8 Å². The van der Waals surface area contributed by atoms with Gasteiger partial charge in [0.25, 0.3) is 0 Å². The Labute approximate surface area is 192 Å². The first kappa shape index (κ1) is 24.4. The molecule has 0 fully saturated rings. The molecule has 0 spiro atoms. The normalized spacial score (nSPS) is 9.88. The topological polar surface area (TPSA) is 56.3 Å². The predicted molar refractivity (Wildman–Crippen MR) is 138 cm³/mol. The van der Waals surface area contributed by atoms with Gasteiger partial charge in [-0.1, -0.05) is 24.0 Å². The highest BCUT2D eigenvalue weighted by atomic mass is 15.2. The molecule has 0 amide bonds. The molecule has 2 N–H and O–H groups in total. The highest BCUT2D eigenvalue weighted by Gasteiger charge is 2.19. The van der Waals surface area contributed by atoms with Gasteiger partial charge in [0, 0.05) is 31.7 Å². The largest absolute Gasteiger partial charge is 0.372 e. The minimum absolute atomic E-state index is 0.378. The highest BCUT2D eigenvalue weighted by Crippen LogP contribution is 2.37. The van der Waals surface area contributed by atoms with E-state index in [1.165, 1.54) is 0 Å². The summed E-state index contributed by atoms with van der Waals surface area (Å²) in [6.45, 7) is 15.8. The standard InChI is InChI=1S/C26H32N6/c1-7-15-27-22-20-29-24(28-16-8-2)19-21(22)26-23(31(11-5)17-9-3)13-14-25(30-26)32(12-6)18-10-4/h1-2,9-10,13-14,19-20,27H,3-4,11-12,15-18H2,5-6H3,(H,28,29). The van der Waals surface area contributed by atoms with Crippen LogP contribution in [0.1, 0.15) is 13.8 Å². The zero-order chi connectivity index (χ0) is 23.3. The maximum Gasteiger partial charge on any atom is 0.129 e. The van der Waals surface area contributed by atoms with Crippen LogP contribution >= 0.6 is 0 Å². The average Bonchev–Trinajstić information content (AvgIpc) is 2.83. The summed E-state index contributed by atoms with van der Waals surface area (Å²) in [5.74, 6) is 6.75. The molecule has 0 saturated carbocycles. The second-order valence-electron chi connectivity index (χ2n) is 6.92. The van der Waals surface area contributed by atoms with Gasteiger partial charge >= 0.3 is 0 Å². The summed E-state index contributed by atoms with van der Waals surface area (Å²) in [7, 11) is 0. The van der Waals surface area contributed by atoms with E-state index >= 15 is 0 Å². The number of pyridine rings is 2. The lowest BCUT2D eigenvalue weighted by molar-refractivity contribution is 0.874. The van der Waals surface area contributed by atoms with Crippen LogP contribution in [0.4, 0.5) is 23.0 Å². The number of nitrogens with one attached hydrogen (secondary N) is 2. The SMILES string of the molecule is C#CCNc1cc(-c2nc(N(CC)CC=C)ccc2N(CC)CC=C)c(NCC#C)cn1. The van der Waals surface area contributed by atoms with Gasteiger partial charge in [-0.15, -0.1) is 26.0 Å². The van der Waals surface area contributed by atoms with E-state index in [9.17, 15) is 0 Å². The van der Waals surface area contributed by atoms with Crippen LogP contribution in [-0.2, 0) is 0 Å². The number of rotatable bonds is 13. The molecule has 2 heterocycles. The van der Waals surface area contributed by atoms with Gasteiger partial charge in [-0.2, -0.15) is 0 Å². The van der Waals surface area contributed by atoms with Gasteiger partial charge in [-0.3, -0.25) is 0 Å². The van der Waals surface area contributed by atoms with Crippen LogP contribution in [0.2, 0.25) is 0 Å². The lowest BCUT2D eigenvalue weighted by Crippen LogP contribution is -2.26. The van der Waals surface area contributed by atoms with E-state index in [2.05, 4.69) is 70.3 Å². The van der Waals surface area contributed by atoms with Crippen molar-refractivity contribution < 1.29 is 0 Å². The van der Waals surface area contributed by atoms with Crippen LogP contribution < -0.4 is 20.4 Å². The van der Waals surface area contributed by atoms with Crippen molar-refractivity contribution in [2.75, 3.05) is 59.7 Å². The van der Waals surface area contributed by atoms with E-state index in [0.717, 1.165) is 41.5 Å². The molecule has 2 aromatic rings. The number of terminal acetylenes is 2. The van der Waals surface area contributed by atoms with Crippen LogP contribution in [0.5, 0.6) is 0 Å². The molecule has 0 aliphatic heterocycles. The zero-order valence-corrected chi connectivity index (χ0v) is 19.1. The Bertz CT molecular complexity index is 998. The molecule has 2 rings (SSSR count). The Kier molecular flexibility index (Phi) is 9.69. The fourth-order valence-electron chi connectivity index (χ4n) is 3.34. The van der Waals surface area contributed by atoms with E-state index in [1.54, 1.807) is 6.20 Å².